The zero-order valence-electron chi connectivity index (χ0n) is 19.5. The SMILES string of the molecule is CC1=Cc2cccc(C)c2C1.CC1=Cc2cccc([Si](C)(C)NC(C)(C)C)c2C1. The minimum absolute atomic E-state index is 0.180. The van der Waals surface area contributed by atoms with Crippen LogP contribution in [0.25, 0.3) is 12.2 Å². The largest absolute Gasteiger partial charge is 0.329 e. The van der Waals surface area contributed by atoms with Gasteiger partial charge in [-0.2, -0.15) is 0 Å². The Morgan fingerprint density at radius 3 is 1.83 bits per heavy atom. The fourth-order valence-electron chi connectivity index (χ4n) is 4.82. The normalized spacial score (nSPS) is 15.2. The quantitative estimate of drug-likeness (QED) is 0.572. The lowest BCUT2D eigenvalue weighted by molar-refractivity contribution is 0.515. The minimum Gasteiger partial charge on any atom is -0.329 e. The summed E-state index contributed by atoms with van der Waals surface area (Å²) in [7, 11) is -1.58. The second kappa shape index (κ2) is 8.08. The third-order valence-electron chi connectivity index (χ3n) is 5.73. The fraction of sp³-hybridized carbons (Fsp3) is 0.407. The van der Waals surface area contributed by atoms with Crippen molar-refractivity contribution in [1.82, 2.24) is 4.98 Å². The summed E-state index contributed by atoms with van der Waals surface area (Å²) in [4.78, 5) is 3.87. The minimum atomic E-state index is -1.58. The molecule has 0 atom stereocenters. The smallest absolute Gasteiger partial charge is 0.152 e. The maximum atomic E-state index is 3.87. The lowest BCUT2D eigenvalue weighted by Crippen LogP contribution is -2.62. The van der Waals surface area contributed by atoms with E-state index in [4.69, 9.17) is 0 Å². The molecule has 1 N–H and O–H groups in total. The molecule has 0 amide bonds. The Balaban J connectivity index is 0.000000186. The second-order valence-corrected chi connectivity index (χ2v) is 14.4. The lowest BCUT2D eigenvalue weighted by atomic mass is 10.0. The van der Waals surface area contributed by atoms with Gasteiger partial charge in [0.1, 0.15) is 0 Å². The Bertz CT molecular complexity index is 971. The molecule has 154 valence electrons. The Kier molecular flexibility index (Phi) is 6.07. The second-order valence-electron chi connectivity index (χ2n) is 10.4. The summed E-state index contributed by atoms with van der Waals surface area (Å²) >= 11 is 0. The van der Waals surface area contributed by atoms with Crippen molar-refractivity contribution < 1.29 is 0 Å². The Labute approximate surface area is 179 Å². The molecule has 0 unspecified atom stereocenters. The lowest BCUT2D eigenvalue weighted by Gasteiger charge is -2.35. The van der Waals surface area contributed by atoms with Gasteiger partial charge in [-0.1, -0.05) is 72.8 Å². The Morgan fingerprint density at radius 2 is 1.28 bits per heavy atom. The van der Waals surface area contributed by atoms with Crippen molar-refractivity contribution in [3.05, 3.63) is 75.4 Å². The van der Waals surface area contributed by atoms with Gasteiger partial charge in [0.05, 0.1) is 0 Å². The van der Waals surface area contributed by atoms with E-state index < -0.39 is 8.24 Å². The number of allylic oxidation sites excluding steroid dienone is 2. The molecule has 2 aliphatic carbocycles. The van der Waals surface area contributed by atoms with E-state index in [0.717, 1.165) is 12.8 Å². The zero-order valence-corrected chi connectivity index (χ0v) is 20.5. The molecule has 2 aromatic carbocycles. The van der Waals surface area contributed by atoms with Crippen LogP contribution in [0.2, 0.25) is 13.1 Å². The van der Waals surface area contributed by atoms with Gasteiger partial charge in [0, 0.05) is 5.54 Å². The highest BCUT2D eigenvalue weighted by Crippen LogP contribution is 2.27. The molecule has 1 nitrogen and oxygen atoms in total. The van der Waals surface area contributed by atoms with Crippen LogP contribution >= 0.6 is 0 Å². The third kappa shape index (κ3) is 5.18. The average Bonchev–Trinajstić information content (AvgIpc) is 3.14. The summed E-state index contributed by atoms with van der Waals surface area (Å²) in [5.74, 6) is 0. The number of nitrogens with one attached hydrogen (secondary N) is 1. The van der Waals surface area contributed by atoms with Crippen LogP contribution in [0.4, 0.5) is 0 Å². The van der Waals surface area contributed by atoms with Crippen LogP contribution in [0.5, 0.6) is 0 Å². The first kappa shape index (κ1) is 21.8. The van der Waals surface area contributed by atoms with E-state index in [0.29, 0.717) is 0 Å². The summed E-state index contributed by atoms with van der Waals surface area (Å²) in [6.07, 6.45) is 6.90. The number of fused-ring (bicyclic) bond motifs is 2. The van der Waals surface area contributed by atoms with Gasteiger partial charge >= 0.3 is 0 Å². The van der Waals surface area contributed by atoms with Crippen LogP contribution in [0.1, 0.15) is 62.4 Å². The van der Waals surface area contributed by atoms with Gasteiger partial charge in [-0.15, -0.1) is 0 Å². The van der Waals surface area contributed by atoms with E-state index in [2.05, 4.69) is 108 Å². The number of benzene rings is 2. The molecular formula is C27H37NSi. The van der Waals surface area contributed by atoms with E-state index in [1.165, 1.54) is 33.4 Å². The first-order valence-corrected chi connectivity index (χ1v) is 13.8. The highest BCUT2D eigenvalue weighted by molar-refractivity contribution is 6.88. The number of aryl methyl sites for hydroxylation is 1. The van der Waals surface area contributed by atoms with Crippen molar-refractivity contribution >= 4 is 25.6 Å². The summed E-state index contributed by atoms with van der Waals surface area (Å²) in [6, 6.07) is 13.3. The molecule has 2 heteroatoms. The molecule has 0 aliphatic heterocycles. The topological polar surface area (TPSA) is 12.0 Å². The third-order valence-corrected chi connectivity index (χ3v) is 8.92. The molecule has 2 aliphatic rings. The summed E-state index contributed by atoms with van der Waals surface area (Å²) in [6.45, 7) is 18.2. The van der Waals surface area contributed by atoms with Crippen molar-refractivity contribution in [3.63, 3.8) is 0 Å². The molecule has 0 radical (unpaired) electrons. The molecule has 0 bridgehead atoms. The van der Waals surface area contributed by atoms with E-state index in [-0.39, 0.29) is 5.54 Å². The molecule has 0 heterocycles. The average molecular weight is 404 g/mol. The van der Waals surface area contributed by atoms with Crippen molar-refractivity contribution in [2.45, 2.75) is 73.0 Å². The van der Waals surface area contributed by atoms with E-state index in [1.54, 1.807) is 10.8 Å². The van der Waals surface area contributed by atoms with Crippen molar-refractivity contribution in [2.24, 2.45) is 0 Å². The van der Waals surface area contributed by atoms with Crippen LogP contribution in [-0.4, -0.2) is 13.8 Å². The van der Waals surface area contributed by atoms with Crippen LogP contribution < -0.4 is 10.2 Å². The van der Waals surface area contributed by atoms with Gasteiger partial charge in [-0.25, -0.2) is 0 Å². The van der Waals surface area contributed by atoms with Crippen molar-refractivity contribution in [3.8, 4) is 0 Å². The predicted molar refractivity (Wildman–Crippen MR) is 132 cm³/mol. The van der Waals surface area contributed by atoms with Crippen LogP contribution in [0.3, 0.4) is 0 Å². The molecule has 0 aromatic heterocycles. The highest BCUT2D eigenvalue weighted by Gasteiger charge is 2.31. The Hall–Kier alpha value is -1.90. The van der Waals surface area contributed by atoms with Crippen LogP contribution in [0.15, 0.2) is 47.5 Å². The number of hydrogen-bond acceptors (Lipinski definition) is 1. The molecule has 0 saturated heterocycles. The molecular weight excluding hydrogens is 366 g/mol. The summed E-state index contributed by atoms with van der Waals surface area (Å²) in [5, 5.41) is 1.57. The van der Waals surface area contributed by atoms with Gasteiger partial charge < -0.3 is 4.98 Å². The van der Waals surface area contributed by atoms with E-state index in [1.807, 2.05) is 0 Å². The molecule has 2 aromatic rings. The van der Waals surface area contributed by atoms with E-state index in [9.17, 15) is 0 Å². The maximum absolute atomic E-state index is 3.87. The summed E-state index contributed by atoms with van der Waals surface area (Å²) in [5.41, 5.74) is 10.5. The van der Waals surface area contributed by atoms with Crippen LogP contribution in [0, 0.1) is 6.92 Å². The van der Waals surface area contributed by atoms with Gasteiger partial charge in [0.2, 0.25) is 0 Å². The first-order valence-electron chi connectivity index (χ1n) is 10.8. The number of rotatable bonds is 2. The standard InChI is InChI=1S/C16H25NSi.C11H12/c1-12-10-13-8-7-9-15(14(13)11-12)18(5,6)17-16(2,3)4;1-8-6-10-5-3-4-9(2)11(10)7-8/h7-10,17H,11H2,1-6H3;3-6H,7H2,1-2H3. The number of hydrogen-bond donors (Lipinski definition) is 1. The fourth-order valence-corrected chi connectivity index (χ4v) is 8.33. The molecule has 0 saturated carbocycles. The molecule has 4 rings (SSSR count). The predicted octanol–water partition coefficient (Wildman–Crippen LogP) is 6.40. The van der Waals surface area contributed by atoms with Gasteiger partial charge in [-0.05, 0) is 87.4 Å². The van der Waals surface area contributed by atoms with Crippen molar-refractivity contribution in [1.29, 1.82) is 0 Å². The first-order chi connectivity index (χ1) is 13.5. The van der Waals surface area contributed by atoms with E-state index >= 15 is 0 Å². The monoisotopic (exact) mass is 403 g/mol. The zero-order chi connectivity index (χ0) is 21.4. The maximum Gasteiger partial charge on any atom is 0.152 e. The van der Waals surface area contributed by atoms with Gasteiger partial charge in [-0.3, -0.25) is 0 Å². The molecule has 0 fully saturated rings. The highest BCUT2D eigenvalue weighted by atomic mass is 28.3. The molecule has 29 heavy (non-hydrogen) atoms. The van der Waals surface area contributed by atoms with Gasteiger partial charge in [0.15, 0.2) is 8.24 Å². The molecule has 0 spiro atoms. The Morgan fingerprint density at radius 1 is 0.759 bits per heavy atom. The van der Waals surface area contributed by atoms with Crippen molar-refractivity contribution in [2.75, 3.05) is 0 Å². The van der Waals surface area contributed by atoms with Gasteiger partial charge in [0.25, 0.3) is 0 Å². The summed E-state index contributed by atoms with van der Waals surface area (Å²) < 4.78 is 0. The van der Waals surface area contributed by atoms with Crippen LogP contribution in [-0.2, 0) is 12.8 Å².